The van der Waals surface area contributed by atoms with Crippen LogP contribution >= 0.6 is 18.2 Å². The number of hydrogen-bond acceptors (Lipinski definition) is 6. The molecule has 2 N–H and O–H groups in total. The fraction of sp³-hybridized carbons (Fsp3) is 0.333. The zero-order chi connectivity index (χ0) is 13.8. The molecule has 0 aliphatic heterocycles. The van der Waals surface area contributed by atoms with Crippen molar-refractivity contribution in [3.63, 3.8) is 0 Å². The number of hydrogen-bond donors (Lipinski definition) is 2. The van der Waals surface area contributed by atoms with E-state index >= 15 is 0 Å². The maximum atomic E-state index is 11.6. The molecule has 0 radical (unpaired) electrons. The molecule has 2 unspecified atom stereocenters. The number of benzene rings is 1. The average Bonchev–Trinajstić information content (AvgIpc) is 2.27. The summed E-state index contributed by atoms with van der Waals surface area (Å²) in [5, 5.41) is 19.4. The molecular weight excluding hydrogens is 281 g/mol. The molecule has 0 aliphatic rings. The molecule has 0 bridgehead atoms. The van der Waals surface area contributed by atoms with Crippen molar-refractivity contribution in [3.8, 4) is 0 Å². The third-order valence-electron chi connectivity index (χ3n) is 1.75. The van der Waals surface area contributed by atoms with Crippen LogP contribution in [0.4, 0.5) is 5.69 Å². The minimum absolute atomic E-state index is 0.1000. The number of rotatable bonds is 6. The number of nitro groups is 1. The Bertz CT molecular complexity index is 463. The van der Waals surface area contributed by atoms with E-state index in [0.29, 0.717) is 16.3 Å². The van der Waals surface area contributed by atoms with Gasteiger partial charge in [-0.3, -0.25) is 14.6 Å². The van der Waals surface area contributed by atoms with Crippen LogP contribution in [-0.2, 0) is 9.09 Å². The van der Waals surface area contributed by atoms with Gasteiger partial charge in [-0.25, -0.2) is 4.57 Å². The second-order valence-corrected chi connectivity index (χ2v) is 7.24. The third kappa shape index (κ3) is 5.16. The molecule has 0 aliphatic carbocycles. The first kappa shape index (κ1) is 15.1. The molecule has 9 heteroatoms. The van der Waals surface area contributed by atoms with Crippen LogP contribution < -0.4 is 0 Å². The van der Waals surface area contributed by atoms with Gasteiger partial charge in [-0.05, 0) is 30.4 Å². The molecule has 1 rings (SSSR count). The largest absolute Gasteiger partial charge is 0.391 e. The van der Waals surface area contributed by atoms with E-state index in [1.807, 2.05) is 0 Å². The predicted octanol–water partition coefficient (Wildman–Crippen LogP) is 2.18. The van der Waals surface area contributed by atoms with Crippen molar-refractivity contribution in [1.82, 2.24) is 0 Å². The Balaban J connectivity index is 2.66. The molecule has 2 atom stereocenters. The highest BCUT2D eigenvalue weighted by molar-refractivity contribution is 8.54. The standard InChI is InChI=1S/C9H12NO6PS/c1-7(11)6-16-17(14,15)18-9-4-2-8(3-5-9)10(12)13/h2-5,7,11H,6H2,1H3,(H,14,15). The fourth-order valence-corrected chi connectivity index (χ4v) is 3.48. The summed E-state index contributed by atoms with van der Waals surface area (Å²) in [6.07, 6.45) is -0.845. The molecule has 0 saturated heterocycles. The SMILES string of the molecule is CC(O)COP(=O)(O)Sc1ccc([N+](=O)[O-])cc1. The molecule has 100 valence electrons. The van der Waals surface area contributed by atoms with Gasteiger partial charge >= 0.3 is 6.80 Å². The summed E-state index contributed by atoms with van der Waals surface area (Å²) < 4.78 is 16.2. The Morgan fingerprint density at radius 2 is 2.06 bits per heavy atom. The number of aliphatic hydroxyl groups is 1. The van der Waals surface area contributed by atoms with Crippen LogP contribution in [0.5, 0.6) is 0 Å². The lowest BCUT2D eigenvalue weighted by atomic mass is 10.3. The fourth-order valence-electron chi connectivity index (χ4n) is 0.990. The van der Waals surface area contributed by atoms with Crippen LogP contribution in [0.1, 0.15) is 6.92 Å². The quantitative estimate of drug-likeness (QED) is 0.470. The second-order valence-electron chi connectivity index (χ2n) is 3.46. The van der Waals surface area contributed by atoms with Gasteiger partial charge < -0.3 is 10.00 Å². The third-order valence-corrected chi connectivity index (χ3v) is 4.58. The van der Waals surface area contributed by atoms with E-state index in [1.165, 1.54) is 31.2 Å². The lowest BCUT2D eigenvalue weighted by Crippen LogP contribution is -2.08. The molecule has 1 aromatic rings. The Hall–Kier alpha value is -0.920. The van der Waals surface area contributed by atoms with Crippen molar-refractivity contribution >= 4 is 23.9 Å². The minimum atomic E-state index is -3.92. The van der Waals surface area contributed by atoms with Crippen molar-refractivity contribution in [2.24, 2.45) is 0 Å². The van der Waals surface area contributed by atoms with Gasteiger partial charge in [0.05, 0.1) is 17.6 Å². The molecule has 0 heterocycles. The Kier molecular flexibility index (Phi) is 5.30. The Morgan fingerprint density at radius 3 is 2.50 bits per heavy atom. The first-order chi connectivity index (χ1) is 8.30. The molecule has 0 saturated carbocycles. The lowest BCUT2D eigenvalue weighted by molar-refractivity contribution is -0.384. The van der Waals surface area contributed by atoms with Gasteiger partial charge in [-0.1, -0.05) is 0 Å². The molecule has 0 aromatic heterocycles. The highest BCUT2D eigenvalue weighted by Crippen LogP contribution is 2.59. The van der Waals surface area contributed by atoms with E-state index in [9.17, 15) is 19.6 Å². The van der Waals surface area contributed by atoms with Gasteiger partial charge in [0.15, 0.2) is 0 Å². The van der Waals surface area contributed by atoms with Gasteiger partial charge in [0.2, 0.25) is 0 Å². The number of nitro benzene ring substituents is 1. The summed E-state index contributed by atoms with van der Waals surface area (Å²) in [5.74, 6) is 0. The normalized spacial score (nSPS) is 15.9. The minimum Gasteiger partial charge on any atom is -0.391 e. The summed E-state index contributed by atoms with van der Waals surface area (Å²) in [6, 6.07) is 5.18. The topological polar surface area (TPSA) is 110 Å². The molecule has 0 fully saturated rings. The first-order valence-corrected chi connectivity index (χ1v) is 7.89. The van der Waals surface area contributed by atoms with E-state index in [2.05, 4.69) is 4.52 Å². The highest BCUT2D eigenvalue weighted by Gasteiger charge is 2.22. The smallest absolute Gasteiger partial charge is 0.391 e. The molecule has 1 aromatic carbocycles. The van der Waals surface area contributed by atoms with Crippen LogP contribution in [0.3, 0.4) is 0 Å². The van der Waals surface area contributed by atoms with Gasteiger partial charge in [-0.2, -0.15) is 0 Å². The first-order valence-electron chi connectivity index (χ1n) is 4.89. The van der Waals surface area contributed by atoms with Crippen LogP contribution in [0.25, 0.3) is 0 Å². The number of aliphatic hydroxyl groups excluding tert-OH is 1. The van der Waals surface area contributed by atoms with Crippen LogP contribution in [0, 0.1) is 10.1 Å². The highest BCUT2D eigenvalue weighted by atomic mass is 32.7. The van der Waals surface area contributed by atoms with Crippen LogP contribution in [-0.4, -0.2) is 27.6 Å². The van der Waals surface area contributed by atoms with E-state index in [1.54, 1.807) is 0 Å². The summed E-state index contributed by atoms with van der Waals surface area (Å²) in [4.78, 5) is 19.7. The predicted molar refractivity (Wildman–Crippen MR) is 66.4 cm³/mol. The van der Waals surface area contributed by atoms with Gasteiger partial charge in [-0.15, -0.1) is 0 Å². The molecule has 7 nitrogen and oxygen atoms in total. The van der Waals surface area contributed by atoms with E-state index < -0.39 is 17.8 Å². The monoisotopic (exact) mass is 293 g/mol. The zero-order valence-electron chi connectivity index (χ0n) is 9.42. The maximum Gasteiger partial charge on any atom is 0.391 e. The Morgan fingerprint density at radius 1 is 1.50 bits per heavy atom. The van der Waals surface area contributed by atoms with Crippen molar-refractivity contribution < 1.29 is 24.0 Å². The molecule has 0 spiro atoms. The molecule has 18 heavy (non-hydrogen) atoms. The average molecular weight is 293 g/mol. The number of nitrogens with zero attached hydrogens (tertiary/aromatic N) is 1. The summed E-state index contributed by atoms with van der Waals surface area (Å²) in [6.45, 7) is -2.75. The van der Waals surface area contributed by atoms with Gasteiger partial charge in [0.1, 0.15) is 0 Å². The van der Waals surface area contributed by atoms with E-state index in [4.69, 9.17) is 5.11 Å². The lowest BCUT2D eigenvalue weighted by Gasteiger charge is -2.12. The number of non-ortho nitro benzene ring substituents is 1. The van der Waals surface area contributed by atoms with E-state index in [-0.39, 0.29) is 12.3 Å². The second kappa shape index (κ2) is 6.31. The van der Waals surface area contributed by atoms with Crippen molar-refractivity contribution in [3.05, 3.63) is 34.4 Å². The van der Waals surface area contributed by atoms with Crippen LogP contribution in [0.2, 0.25) is 0 Å². The summed E-state index contributed by atoms with van der Waals surface area (Å²) >= 11 is 0.563. The van der Waals surface area contributed by atoms with Gasteiger partial charge in [0, 0.05) is 17.0 Å². The van der Waals surface area contributed by atoms with Gasteiger partial charge in [0.25, 0.3) is 5.69 Å². The van der Waals surface area contributed by atoms with Crippen molar-refractivity contribution in [1.29, 1.82) is 0 Å². The van der Waals surface area contributed by atoms with Crippen molar-refractivity contribution in [2.45, 2.75) is 17.9 Å². The zero-order valence-corrected chi connectivity index (χ0v) is 11.1. The maximum absolute atomic E-state index is 11.6. The molecule has 0 amide bonds. The summed E-state index contributed by atoms with van der Waals surface area (Å²) in [7, 11) is 0. The summed E-state index contributed by atoms with van der Waals surface area (Å²) in [5.41, 5.74) is -0.1000. The molecular formula is C9H12NO6PS. The Labute approximate surface area is 107 Å². The van der Waals surface area contributed by atoms with Crippen LogP contribution in [0.15, 0.2) is 29.2 Å². The van der Waals surface area contributed by atoms with Crippen molar-refractivity contribution in [2.75, 3.05) is 6.61 Å². The van der Waals surface area contributed by atoms with E-state index in [0.717, 1.165) is 0 Å².